The molecule has 0 unspecified atom stereocenters. The summed E-state index contributed by atoms with van der Waals surface area (Å²) in [5.74, 6) is -0.582. The first-order valence-electron chi connectivity index (χ1n) is 5.90. The molecular weight excluding hydrogens is 249 g/mol. The summed E-state index contributed by atoms with van der Waals surface area (Å²) >= 11 is 0. The van der Waals surface area contributed by atoms with E-state index in [-0.39, 0.29) is 5.84 Å². The molecule has 0 atom stereocenters. The standard InChI is InChI=1S/C13H20FN3O2/c1-13(2,18)8-17(3)7-9-4-5-10(14)6-11(9)12(15)16-19/h4-6,18-19H,7-8H2,1-3H3,(H2,15,16). The van der Waals surface area contributed by atoms with Gasteiger partial charge in [-0.3, -0.25) is 4.90 Å². The molecule has 0 amide bonds. The SMILES string of the molecule is CN(Cc1ccc(F)cc1C(N)=NO)CC(C)(C)O. The van der Waals surface area contributed by atoms with E-state index in [1.807, 2.05) is 11.9 Å². The van der Waals surface area contributed by atoms with Crippen LogP contribution in [0.1, 0.15) is 25.0 Å². The van der Waals surface area contributed by atoms with Crippen molar-refractivity contribution in [2.45, 2.75) is 26.0 Å². The Bertz CT molecular complexity index is 469. The van der Waals surface area contributed by atoms with Gasteiger partial charge in [0.1, 0.15) is 5.82 Å². The lowest BCUT2D eigenvalue weighted by Crippen LogP contribution is -2.36. The fourth-order valence-corrected chi connectivity index (χ4v) is 1.99. The number of aliphatic hydroxyl groups is 1. The van der Waals surface area contributed by atoms with E-state index < -0.39 is 11.4 Å². The van der Waals surface area contributed by atoms with Crippen molar-refractivity contribution in [1.29, 1.82) is 0 Å². The minimum atomic E-state index is -0.828. The lowest BCUT2D eigenvalue weighted by atomic mass is 10.0. The zero-order valence-electron chi connectivity index (χ0n) is 11.4. The van der Waals surface area contributed by atoms with Crippen LogP contribution in [0.25, 0.3) is 0 Å². The van der Waals surface area contributed by atoms with Gasteiger partial charge in [0, 0.05) is 18.7 Å². The van der Waals surface area contributed by atoms with Gasteiger partial charge in [0.05, 0.1) is 5.60 Å². The maximum Gasteiger partial charge on any atom is 0.170 e. The zero-order chi connectivity index (χ0) is 14.6. The van der Waals surface area contributed by atoms with Gasteiger partial charge >= 0.3 is 0 Å². The molecule has 0 fully saturated rings. The number of amidine groups is 1. The summed E-state index contributed by atoms with van der Waals surface area (Å²) in [6.45, 7) is 4.31. The molecule has 4 N–H and O–H groups in total. The predicted molar refractivity (Wildman–Crippen MR) is 71.5 cm³/mol. The summed E-state index contributed by atoms with van der Waals surface area (Å²) in [5.41, 5.74) is 5.78. The van der Waals surface area contributed by atoms with E-state index >= 15 is 0 Å². The topological polar surface area (TPSA) is 82.1 Å². The third-order valence-electron chi connectivity index (χ3n) is 2.55. The second-order valence-corrected chi connectivity index (χ2v) is 5.27. The van der Waals surface area contributed by atoms with Crippen LogP contribution in [-0.4, -0.2) is 40.2 Å². The van der Waals surface area contributed by atoms with Gasteiger partial charge in [-0.05, 0) is 38.6 Å². The van der Waals surface area contributed by atoms with Crippen LogP contribution in [0.4, 0.5) is 4.39 Å². The van der Waals surface area contributed by atoms with Crippen molar-refractivity contribution in [3.8, 4) is 0 Å². The molecule has 6 heteroatoms. The minimum absolute atomic E-state index is 0.133. The molecule has 0 bridgehead atoms. The summed E-state index contributed by atoms with van der Waals surface area (Å²) in [6, 6.07) is 4.13. The predicted octanol–water partition coefficient (Wildman–Crippen LogP) is 1.12. The van der Waals surface area contributed by atoms with Crippen LogP contribution in [0, 0.1) is 5.82 Å². The molecule has 1 aromatic carbocycles. The van der Waals surface area contributed by atoms with E-state index in [4.69, 9.17) is 10.9 Å². The Morgan fingerprint density at radius 1 is 1.47 bits per heavy atom. The van der Waals surface area contributed by atoms with Gasteiger partial charge in [0.2, 0.25) is 0 Å². The lowest BCUT2D eigenvalue weighted by Gasteiger charge is -2.26. The van der Waals surface area contributed by atoms with Crippen molar-refractivity contribution >= 4 is 5.84 Å². The van der Waals surface area contributed by atoms with Crippen LogP contribution < -0.4 is 5.73 Å². The average Bonchev–Trinajstić information content (AvgIpc) is 2.28. The molecule has 0 radical (unpaired) electrons. The van der Waals surface area contributed by atoms with E-state index in [0.717, 1.165) is 5.56 Å². The highest BCUT2D eigenvalue weighted by Gasteiger charge is 2.17. The fraction of sp³-hybridized carbons (Fsp3) is 0.462. The highest BCUT2D eigenvalue weighted by atomic mass is 19.1. The van der Waals surface area contributed by atoms with Crippen molar-refractivity contribution in [2.75, 3.05) is 13.6 Å². The maximum atomic E-state index is 13.2. The minimum Gasteiger partial charge on any atom is -0.409 e. The highest BCUT2D eigenvalue weighted by Crippen LogP contribution is 2.15. The van der Waals surface area contributed by atoms with Crippen LogP contribution in [0.5, 0.6) is 0 Å². The number of halogens is 1. The highest BCUT2D eigenvalue weighted by molar-refractivity contribution is 5.98. The third-order valence-corrected chi connectivity index (χ3v) is 2.55. The Balaban J connectivity index is 2.95. The molecule has 0 saturated heterocycles. The van der Waals surface area contributed by atoms with Crippen molar-refractivity contribution in [1.82, 2.24) is 4.90 Å². The quantitative estimate of drug-likeness (QED) is 0.324. The molecule has 106 valence electrons. The first-order valence-corrected chi connectivity index (χ1v) is 5.90. The molecular formula is C13H20FN3O2. The molecule has 1 aromatic rings. The first-order chi connectivity index (χ1) is 8.73. The first kappa shape index (κ1) is 15.4. The number of hydrogen-bond donors (Lipinski definition) is 3. The molecule has 5 nitrogen and oxygen atoms in total. The van der Waals surface area contributed by atoms with Gasteiger partial charge in [0.25, 0.3) is 0 Å². The number of hydrogen-bond acceptors (Lipinski definition) is 4. The number of oxime groups is 1. The second kappa shape index (κ2) is 5.99. The van der Waals surface area contributed by atoms with E-state index in [9.17, 15) is 9.50 Å². The van der Waals surface area contributed by atoms with Gasteiger partial charge in [-0.15, -0.1) is 0 Å². The van der Waals surface area contributed by atoms with Crippen molar-refractivity contribution in [3.63, 3.8) is 0 Å². The van der Waals surface area contributed by atoms with Gasteiger partial charge in [-0.25, -0.2) is 4.39 Å². The normalized spacial score (nSPS) is 13.1. The van der Waals surface area contributed by atoms with Gasteiger partial charge < -0.3 is 16.0 Å². The van der Waals surface area contributed by atoms with Gasteiger partial charge in [-0.2, -0.15) is 0 Å². The summed E-state index contributed by atoms with van der Waals surface area (Å²) in [6.07, 6.45) is 0. The van der Waals surface area contributed by atoms with Crippen LogP contribution in [-0.2, 0) is 6.54 Å². The van der Waals surface area contributed by atoms with E-state index in [1.54, 1.807) is 19.9 Å². The lowest BCUT2D eigenvalue weighted by molar-refractivity contribution is 0.0424. The van der Waals surface area contributed by atoms with E-state index in [0.29, 0.717) is 18.7 Å². The Kier molecular flexibility index (Phi) is 4.85. The van der Waals surface area contributed by atoms with E-state index in [1.165, 1.54) is 12.1 Å². The molecule has 0 spiro atoms. The van der Waals surface area contributed by atoms with E-state index in [2.05, 4.69) is 5.16 Å². The Morgan fingerprint density at radius 3 is 2.63 bits per heavy atom. The van der Waals surface area contributed by atoms with Gasteiger partial charge in [0.15, 0.2) is 5.84 Å². The Morgan fingerprint density at radius 2 is 2.11 bits per heavy atom. The molecule has 0 saturated carbocycles. The molecule has 0 aliphatic carbocycles. The van der Waals surface area contributed by atoms with Crippen molar-refractivity contribution in [3.05, 3.63) is 35.1 Å². The summed E-state index contributed by atoms with van der Waals surface area (Å²) in [7, 11) is 1.83. The smallest absolute Gasteiger partial charge is 0.170 e. The van der Waals surface area contributed by atoms with Crippen LogP contribution in [0.3, 0.4) is 0 Å². The number of likely N-dealkylation sites (N-methyl/N-ethyl adjacent to an activating group) is 1. The largest absolute Gasteiger partial charge is 0.409 e. The average molecular weight is 269 g/mol. The van der Waals surface area contributed by atoms with Crippen molar-refractivity contribution < 1.29 is 14.7 Å². The van der Waals surface area contributed by atoms with Crippen molar-refractivity contribution in [2.24, 2.45) is 10.9 Å². The van der Waals surface area contributed by atoms with Gasteiger partial charge in [-0.1, -0.05) is 11.2 Å². The molecule has 0 aliphatic rings. The maximum absolute atomic E-state index is 13.2. The van der Waals surface area contributed by atoms with Crippen LogP contribution in [0.2, 0.25) is 0 Å². The number of benzene rings is 1. The summed E-state index contributed by atoms with van der Waals surface area (Å²) in [5, 5.41) is 21.4. The third kappa shape index (κ3) is 4.84. The number of nitrogens with two attached hydrogens (primary N) is 1. The Hall–Kier alpha value is -1.66. The molecule has 1 rings (SSSR count). The summed E-state index contributed by atoms with van der Waals surface area (Å²) in [4.78, 5) is 1.88. The molecule has 0 heterocycles. The fourth-order valence-electron chi connectivity index (χ4n) is 1.99. The second-order valence-electron chi connectivity index (χ2n) is 5.27. The van der Waals surface area contributed by atoms with Crippen LogP contribution in [0.15, 0.2) is 23.4 Å². The van der Waals surface area contributed by atoms with Crippen LogP contribution >= 0.6 is 0 Å². The molecule has 0 aliphatic heterocycles. The number of nitrogens with zero attached hydrogens (tertiary/aromatic N) is 2. The molecule has 19 heavy (non-hydrogen) atoms. The number of rotatable bonds is 5. The summed E-state index contributed by atoms with van der Waals surface area (Å²) < 4.78 is 13.2. The zero-order valence-corrected chi connectivity index (χ0v) is 11.4. The monoisotopic (exact) mass is 269 g/mol. The Labute approximate surface area is 112 Å². The molecule has 0 aromatic heterocycles.